The smallest absolute Gasteiger partial charge is 0.325 e. The van der Waals surface area contributed by atoms with E-state index in [1.807, 2.05) is 5.38 Å². The summed E-state index contributed by atoms with van der Waals surface area (Å²) in [5.41, 5.74) is 9.32. The molecule has 6 rings (SSSR count). The second-order valence-electron chi connectivity index (χ2n) is 9.03. The summed E-state index contributed by atoms with van der Waals surface area (Å²) in [6, 6.07) is 21.5. The van der Waals surface area contributed by atoms with E-state index in [0.717, 1.165) is 16.2 Å². The van der Waals surface area contributed by atoms with E-state index in [0.29, 0.717) is 37.3 Å². The van der Waals surface area contributed by atoms with Crippen molar-refractivity contribution in [3.05, 3.63) is 127 Å². The summed E-state index contributed by atoms with van der Waals surface area (Å²) in [6.07, 6.45) is 0. The van der Waals surface area contributed by atoms with Gasteiger partial charge in [-0.25, -0.2) is 28.4 Å². The summed E-state index contributed by atoms with van der Waals surface area (Å²) >= 11 is 27.2. The number of primary amides is 1. The molecule has 0 unspecified atom stereocenters. The van der Waals surface area contributed by atoms with Crippen molar-refractivity contribution >= 4 is 96.7 Å². The van der Waals surface area contributed by atoms with E-state index in [2.05, 4.69) is 15.3 Å². The molecule has 2 aromatic heterocycles. The summed E-state index contributed by atoms with van der Waals surface area (Å²) in [6.45, 7) is 0. The molecular weight excluding hydrogens is 702 g/mol. The molecule has 6 aromatic rings. The predicted molar refractivity (Wildman–Crippen MR) is 183 cm³/mol. The Balaban J connectivity index is 0.000000179. The van der Waals surface area contributed by atoms with Crippen LogP contribution in [-0.2, 0) is 0 Å². The van der Waals surface area contributed by atoms with Crippen LogP contribution < -0.4 is 16.0 Å². The molecule has 0 saturated carbocycles. The molecule has 228 valence electrons. The highest BCUT2D eigenvalue weighted by molar-refractivity contribution is 7.14. The Morgan fingerprint density at radius 2 is 1.16 bits per heavy atom. The molecule has 0 aliphatic carbocycles. The van der Waals surface area contributed by atoms with Crippen LogP contribution in [0.1, 0.15) is 0 Å². The Kier molecular flexibility index (Phi) is 10.5. The molecule has 14 heteroatoms. The molecule has 0 spiro atoms. The number of urea groups is 1. The molecule has 45 heavy (non-hydrogen) atoms. The number of halogens is 6. The van der Waals surface area contributed by atoms with Crippen molar-refractivity contribution < 1.29 is 13.6 Å². The second-order valence-corrected chi connectivity index (χ2v) is 12.4. The van der Waals surface area contributed by atoms with Crippen molar-refractivity contribution in [2.24, 2.45) is 5.73 Å². The summed E-state index contributed by atoms with van der Waals surface area (Å²) < 4.78 is 26.0. The zero-order chi connectivity index (χ0) is 32.1. The second kappa shape index (κ2) is 14.6. The fraction of sp³-hybridized carbons (Fsp3) is 0. The number of anilines is 4. The van der Waals surface area contributed by atoms with Crippen molar-refractivity contribution in [1.82, 2.24) is 9.97 Å². The molecule has 2 amide bonds. The quantitative estimate of drug-likeness (QED) is 0.179. The minimum absolute atomic E-state index is 0.268. The van der Waals surface area contributed by atoms with E-state index in [1.165, 1.54) is 46.9 Å². The van der Waals surface area contributed by atoms with Crippen LogP contribution in [0.15, 0.2) is 95.7 Å². The third kappa shape index (κ3) is 7.91. The van der Waals surface area contributed by atoms with Crippen LogP contribution in [-0.4, -0.2) is 16.0 Å². The number of thiazole rings is 2. The number of amides is 2. The highest BCUT2D eigenvalue weighted by Gasteiger charge is 2.24. The number of hydrogen-bond acceptors (Lipinski definition) is 6. The minimum atomic E-state index is -0.759. The average molecular weight is 721 g/mol. The van der Waals surface area contributed by atoms with Gasteiger partial charge in [0.05, 0.1) is 42.9 Å². The van der Waals surface area contributed by atoms with E-state index < -0.39 is 6.03 Å². The van der Waals surface area contributed by atoms with Gasteiger partial charge in [0, 0.05) is 21.9 Å². The summed E-state index contributed by atoms with van der Waals surface area (Å²) in [5.74, 6) is -0.606. The van der Waals surface area contributed by atoms with Gasteiger partial charge >= 0.3 is 6.03 Å². The number of carbonyl (C=O) groups excluding carboxylic acids is 1. The topological polar surface area (TPSA) is 84.1 Å². The first-order valence-electron chi connectivity index (χ1n) is 12.8. The van der Waals surface area contributed by atoms with Crippen LogP contribution in [0.3, 0.4) is 0 Å². The maximum absolute atomic E-state index is 13.0. The van der Waals surface area contributed by atoms with E-state index in [4.69, 9.17) is 52.1 Å². The molecule has 6 nitrogen and oxygen atoms in total. The Morgan fingerprint density at radius 1 is 0.689 bits per heavy atom. The molecule has 4 aromatic carbocycles. The number of nitrogens with zero attached hydrogens (tertiary/aromatic N) is 3. The molecule has 0 bridgehead atoms. The summed E-state index contributed by atoms with van der Waals surface area (Å²) in [4.78, 5) is 21.9. The molecule has 0 atom stereocenters. The maximum Gasteiger partial charge on any atom is 0.325 e. The molecule has 0 radical (unpaired) electrons. The van der Waals surface area contributed by atoms with Crippen molar-refractivity contribution in [2.45, 2.75) is 0 Å². The Bertz CT molecular complexity index is 1910. The van der Waals surface area contributed by atoms with Gasteiger partial charge in [-0.1, -0.05) is 58.5 Å². The number of rotatable bonds is 6. The van der Waals surface area contributed by atoms with Gasteiger partial charge in [-0.2, -0.15) is 0 Å². The van der Waals surface area contributed by atoms with Gasteiger partial charge in [-0.3, -0.25) is 0 Å². The molecular formula is C31H19Cl4F2N5OS2. The number of benzene rings is 4. The normalized spacial score (nSPS) is 10.6. The highest BCUT2D eigenvalue weighted by Crippen LogP contribution is 2.40. The van der Waals surface area contributed by atoms with Gasteiger partial charge in [0.2, 0.25) is 0 Å². The summed E-state index contributed by atoms with van der Waals surface area (Å²) in [7, 11) is 0. The zero-order valence-electron chi connectivity index (χ0n) is 22.6. The fourth-order valence-corrected chi connectivity index (χ4v) is 6.56. The lowest BCUT2D eigenvalue weighted by Gasteiger charge is -2.19. The lowest BCUT2D eigenvalue weighted by atomic mass is 10.2. The van der Waals surface area contributed by atoms with Gasteiger partial charge in [0.25, 0.3) is 0 Å². The fourth-order valence-electron chi connectivity index (χ4n) is 3.93. The van der Waals surface area contributed by atoms with Crippen LogP contribution >= 0.6 is 69.1 Å². The summed E-state index contributed by atoms with van der Waals surface area (Å²) in [5, 5.41) is 9.34. The molecule has 2 heterocycles. The van der Waals surface area contributed by atoms with Crippen molar-refractivity contribution in [1.29, 1.82) is 0 Å². The standard InChI is InChI=1S/C16H10Cl2FN3OS.C15H9Cl2FN2S/c17-11-2-1-3-12(18)14(11)22(15(20)23)16-21-13(8-24-16)9-4-6-10(19)7-5-9;16-11-2-1-3-12(17)14(11)20-15-19-13(8-21-15)9-4-6-10(18)7-5-9/h1-8H,(H2,20,23);1-8H,(H,19,20). The Morgan fingerprint density at radius 3 is 1.67 bits per heavy atom. The maximum atomic E-state index is 13.0. The lowest BCUT2D eigenvalue weighted by molar-refractivity contribution is 0.256. The third-order valence-electron chi connectivity index (χ3n) is 6.04. The van der Waals surface area contributed by atoms with Gasteiger partial charge < -0.3 is 11.1 Å². The number of aromatic nitrogens is 2. The average Bonchev–Trinajstić information content (AvgIpc) is 3.68. The van der Waals surface area contributed by atoms with Crippen molar-refractivity contribution in [3.63, 3.8) is 0 Å². The van der Waals surface area contributed by atoms with Crippen LogP contribution in [0.5, 0.6) is 0 Å². The largest absolute Gasteiger partial charge is 0.351 e. The van der Waals surface area contributed by atoms with Gasteiger partial charge in [-0.15, -0.1) is 22.7 Å². The highest BCUT2D eigenvalue weighted by atomic mass is 35.5. The number of hydrogen-bond donors (Lipinski definition) is 2. The van der Waals surface area contributed by atoms with Gasteiger partial charge in [0.1, 0.15) is 11.6 Å². The lowest BCUT2D eigenvalue weighted by Crippen LogP contribution is -2.31. The van der Waals surface area contributed by atoms with Crippen LogP contribution in [0.25, 0.3) is 22.5 Å². The monoisotopic (exact) mass is 719 g/mol. The van der Waals surface area contributed by atoms with E-state index in [9.17, 15) is 13.6 Å². The van der Waals surface area contributed by atoms with Crippen LogP contribution in [0.2, 0.25) is 20.1 Å². The zero-order valence-corrected chi connectivity index (χ0v) is 27.3. The Hall–Kier alpha value is -3.77. The third-order valence-corrected chi connectivity index (χ3v) is 8.87. The predicted octanol–water partition coefficient (Wildman–Crippen LogP) is 11.5. The molecule has 0 aliphatic heterocycles. The molecule has 0 aliphatic rings. The molecule has 0 saturated heterocycles. The van der Waals surface area contributed by atoms with Crippen LogP contribution in [0.4, 0.5) is 35.2 Å². The first-order valence-corrected chi connectivity index (χ1v) is 16.1. The molecule has 3 N–H and O–H groups in total. The van der Waals surface area contributed by atoms with E-state index in [1.54, 1.807) is 66.0 Å². The van der Waals surface area contributed by atoms with Crippen molar-refractivity contribution in [2.75, 3.05) is 10.2 Å². The minimum Gasteiger partial charge on any atom is -0.351 e. The van der Waals surface area contributed by atoms with E-state index >= 15 is 0 Å². The van der Waals surface area contributed by atoms with Crippen LogP contribution in [0, 0.1) is 11.6 Å². The van der Waals surface area contributed by atoms with E-state index in [-0.39, 0.29) is 27.4 Å². The Labute approximate surface area is 284 Å². The first kappa shape index (κ1) is 32.6. The number of nitrogens with two attached hydrogens (primary N) is 1. The van der Waals surface area contributed by atoms with Gasteiger partial charge in [-0.05, 0) is 72.8 Å². The SMILES string of the molecule is Fc1ccc(-c2csc(Nc3c(Cl)cccc3Cl)n2)cc1.NC(=O)N(c1nc(-c2ccc(F)cc2)cs1)c1c(Cl)cccc1Cl. The van der Waals surface area contributed by atoms with Crippen molar-refractivity contribution in [3.8, 4) is 22.5 Å². The number of carbonyl (C=O) groups is 1. The van der Waals surface area contributed by atoms with Gasteiger partial charge in [0.15, 0.2) is 10.3 Å². The molecule has 0 fully saturated rings. The first-order chi connectivity index (χ1) is 21.6. The number of nitrogens with one attached hydrogen (secondary N) is 1. The number of para-hydroxylation sites is 2.